The van der Waals surface area contributed by atoms with Crippen LogP contribution in [0.1, 0.15) is 72.3 Å². The zero-order valence-electron chi connectivity index (χ0n) is 20.9. The van der Waals surface area contributed by atoms with Crippen LogP contribution in [0.2, 0.25) is 5.02 Å². The number of aliphatic hydroxyl groups is 1. The number of nitrogens with one attached hydrogen (secondary N) is 2. The number of carbonyl (C=O) groups excluding carboxylic acids is 3. The molecule has 1 saturated heterocycles. The first-order chi connectivity index (χ1) is 15.7. The van der Waals surface area contributed by atoms with E-state index in [1.54, 1.807) is 17.0 Å². The third-order valence-electron chi connectivity index (χ3n) is 7.39. The number of rotatable bonds is 6. The van der Waals surface area contributed by atoms with Gasteiger partial charge in [-0.1, -0.05) is 37.6 Å². The van der Waals surface area contributed by atoms with Crippen molar-refractivity contribution < 1.29 is 19.5 Å². The highest BCUT2D eigenvalue weighted by atomic mass is 35.5. The number of hydrogen-bond acceptors (Lipinski definition) is 4. The molecule has 188 valence electrons. The largest absolute Gasteiger partial charge is 0.384 e. The van der Waals surface area contributed by atoms with Gasteiger partial charge in [0.05, 0.1) is 5.60 Å². The number of likely N-dealkylation sites (tertiary alicyclic amines) is 1. The highest BCUT2D eigenvalue weighted by Gasteiger charge is 2.50. The average molecular weight is 492 g/mol. The van der Waals surface area contributed by atoms with Crippen LogP contribution < -0.4 is 10.6 Å². The Morgan fingerprint density at radius 1 is 1.18 bits per heavy atom. The summed E-state index contributed by atoms with van der Waals surface area (Å²) in [5, 5.41) is 18.1. The Hall–Kier alpha value is -2.12. The van der Waals surface area contributed by atoms with E-state index in [4.69, 9.17) is 11.6 Å². The molecule has 0 aromatic heterocycles. The molecule has 0 bridgehead atoms. The Labute approximate surface area is 207 Å². The van der Waals surface area contributed by atoms with Gasteiger partial charge in [-0.05, 0) is 57.2 Å². The second kappa shape index (κ2) is 9.86. The SMILES string of the molecule is CC(=O)N[C@@H]1CC[C@@H](C(=O)NC(C)(C)CC(=O)N2CC[C@](O)(c3ccc(Cl)cc3)C(C)(C)C2)C1. The lowest BCUT2D eigenvalue weighted by molar-refractivity contribution is -0.154. The summed E-state index contributed by atoms with van der Waals surface area (Å²) in [5.74, 6) is -0.347. The van der Waals surface area contributed by atoms with Crippen LogP contribution in [-0.2, 0) is 20.0 Å². The summed E-state index contributed by atoms with van der Waals surface area (Å²) in [6.07, 6.45) is 2.74. The van der Waals surface area contributed by atoms with E-state index >= 15 is 0 Å². The van der Waals surface area contributed by atoms with Crippen LogP contribution in [0, 0.1) is 11.3 Å². The Kier molecular flexibility index (Phi) is 7.68. The van der Waals surface area contributed by atoms with Crippen molar-refractivity contribution in [3.63, 3.8) is 0 Å². The summed E-state index contributed by atoms with van der Waals surface area (Å²) in [4.78, 5) is 39.1. The summed E-state index contributed by atoms with van der Waals surface area (Å²) in [6, 6.07) is 7.28. The van der Waals surface area contributed by atoms with Crippen LogP contribution in [0.25, 0.3) is 0 Å². The molecule has 3 rings (SSSR count). The highest BCUT2D eigenvalue weighted by molar-refractivity contribution is 6.30. The maximum atomic E-state index is 13.2. The second-order valence-corrected chi connectivity index (χ2v) is 11.7. The quantitative estimate of drug-likeness (QED) is 0.568. The number of amides is 3. The summed E-state index contributed by atoms with van der Waals surface area (Å²) in [5.41, 5.74) is -1.53. The third kappa shape index (κ3) is 5.92. The lowest BCUT2D eigenvalue weighted by Crippen LogP contribution is -2.58. The first-order valence-corrected chi connectivity index (χ1v) is 12.5. The van der Waals surface area contributed by atoms with E-state index in [-0.39, 0.29) is 36.1 Å². The van der Waals surface area contributed by atoms with Crippen LogP contribution in [-0.4, -0.2) is 52.4 Å². The maximum Gasteiger partial charge on any atom is 0.224 e. The van der Waals surface area contributed by atoms with Gasteiger partial charge in [-0.2, -0.15) is 0 Å². The maximum absolute atomic E-state index is 13.2. The lowest BCUT2D eigenvalue weighted by Gasteiger charge is -2.51. The topological polar surface area (TPSA) is 98.7 Å². The highest BCUT2D eigenvalue weighted by Crippen LogP contribution is 2.46. The fourth-order valence-electron chi connectivity index (χ4n) is 5.40. The zero-order valence-corrected chi connectivity index (χ0v) is 21.7. The van der Waals surface area contributed by atoms with Crippen molar-refractivity contribution in [3.05, 3.63) is 34.9 Å². The van der Waals surface area contributed by atoms with E-state index in [0.29, 0.717) is 31.0 Å². The predicted molar refractivity (Wildman–Crippen MR) is 132 cm³/mol. The molecule has 2 fully saturated rings. The van der Waals surface area contributed by atoms with Crippen LogP contribution in [0.4, 0.5) is 0 Å². The van der Waals surface area contributed by atoms with Gasteiger partial charge in [0, 0.05) is 54.4 Å². The number of hydrogen-bond donors (Lipinski definition) is 3. The molecule has 3 atom stereocenters. The molecule has 3 N–H and O–H groups in total. The summed E-state index contributed by atoms with van der Waals surface area (Å²) in [6.45, 7) is 10.0. The lowest BCUT2D eigenvalue weighted by atomic mass is 9.66. The Morgan fingerprint density at radius 2 is 1.82 bits per heavy atom. The van der Waals surface area contributed by atoms with E-state index < -0.39 is 16.6 Å². The van der Waals surface area contributed by atoms with Crippen molar-refractivity contribution in [2.75, 3.05) is 13.1 Å². The van der Waals surface area contributed by atoms with Gasteiger partial charge in [0.2, 0.25) is 17.7 Å². The van der Waals surface area contributed by atoms with Crippen molar-refractivity contribution in [3.8, 4) is 0 Å². The minimum Gasteiger partial charge on any atom is -0.384 e. The molecule has 1 aliphatic heterocycles. The number of nitrogens with zero attached hydrogens (tertiary/aromatic N) is 1. The molecule has 1 aliphatic carbocycles. The molecular formula is C26H38ClN3O4. The van der Waals surface area contributed by atoms with Gasteiger partial charge in [0.1, 0.15) is 0 Å². The first kappa shape index (κ1) is 26.5. The predicted octanol–water partition coefficient (Wildman–Crippen LogP) is 3.38. The summed E-state index contributed by atoms with van der Waals surface area (Å²) < 4.78 is 0. The molecule has 2 aliphatic rings. The monoisotopic (exact) mass is 491 g/mol. The molecular weight excluding hydrogens is 454 g/mol. The molecule has 1 heterocycles. The third-order valence-corrected chi connectivity index (χ3v) is 7.64. The van der Waals surface area contributed by atoms with Crippen molar-refractivity contribution in [2.45, 2.75) is 83.9 Å². The van der Waals surface area contributed by atoms with E-state index in [9.17, 15) is 19.5 Å². The summed E-state index contributed by atoms with van der Waals surface area (Å²) >= 11 is 6.02. The molecule has 3 amide bonds. The van der Waals surface area contributed by atoms with Crippen molar-refractivity contribution >= 4 is 29.3 Å². The van der Waals surface area contributed by atoms with Crippen molar-refractivity contribution in [2.24, 2.45) is 11.3 Å². The van der Waals surface area contributed by atoms with Gasteiger partial charge in [0.15, 0.2) is 0 Å². The average Bonchev–Trinajstić information content (AvgIpc) is 3.17. The van der Waals surface area contributed by atoms with Gasteiger partial charge in [-0.25, -0.2) is 0 Å². The molecule has 1 saturated carbocycles. The number of carbonyl (C=O) groups is 3. The van der Waals surface area contributed by atoms with Crippen LogP contribution in [0.15, 0.2) is 24.3 Å². The van der Waals surface area contributed by atoms with E-state index in [1.807, 2.05) is 39.8 Å². The van der Waals surface area contributed by atoms with E-state index in [0.717, 1.165) is 18.4 Å². The van der Waals surface area contributed by atoms with Crippen molar-refractivity contribution in [1.82, 2.24) is 15.5 Å². The van der Waals surface area contributed by atoms with Gasteiger partial charge < -0.3 is 20.6 Å². The smallest absolute Gasteiger partial charge is 0.224 e. The Morgan fingerprint density at radius 3 is 2.41 bits per heavy atom. The fourth-order valence-corrected chi connectivity index (χ4v) is 5.53. The summed E-state index contributed by atoms with van der Waals surface area (Å²) in [7, 11) is 0. The van der Waals surface area contributed by atoms with Crippen molar-refractivity contribution in [1.29, 1.82) is 0 Å². The molecule has 1 aromatic carbocycles. The molecule has 0 spiro atoms. The van der Waals surface area contributed by atoms with Crippen LogP contribution >= 0.6 is 11.6 Å². The van der Waals surface area contributed by atoms with Gasteiger partial charge >= 0.3 is 0 Å². The fraction of sp³-hybridized carbons (Fsp3) is 0.654. The minimum atomic E-state index is -1.06. The Balaban J connectivity index is 1.58. The number of piperidine rings is 1. The standard InChI is InChI=1S/C26H38ClN3O4/c1-17(31)28-21-11-6-18(14-21)23(33)29-25(4,5)15-22(32)30-13-12-26(34,24(2,3)16-30)19-7-9-20(27)10-8-19/h7-10,18,21,34H,6,11-16H2,1-5H3,(H,28,31)(H,29,33)/t18-,21-,26+/m1/s1. The van der Waals surface area contributed by atoms with Gasteiger partial charge in [-0.3, -0.25) is 14.4 Å². The Bertz CT molecular complexity index is 930. The number of halogens is 1. The molecule has 8 heteroatoms. The van der Waals surface area contributed by atoms with Crippen LogP contribution in [0.5, 0.6) is 0 Å². The zero-order chi connectivity index (χ0) is 25.3. The van der Waals surface area contributed by atoms with Gasteiger partial charge in [-0.15, -0.1) is 0 Å². The molecule has 0 radical (unpaired) electrons. The van der Waals surface area contributed by atoms with E-state index in [1.165, 1.54) is 6.92 Å². The number of benzene rings is 1. The van der Waals surface area contributed by atoms with E-state index in [2.05, 4.69) is 10.6 Å². The first-order valence-electron chi connectivity index (χ1n) is 12.1. The minimum absolute atomic E-state index is 0.0352. The normalized spacial score (nSPS) is 26.7. The molecule has 0 unspecified atom stereocenters. The molecule has 7 nitrogen and oxygen atoms in total. The van der Waals surface area contributed by atoms with Crippen LogP contribution in [0.3, 0.4) is 0 Å². The second-order valence-electron chi connectivity index (χ2n) is 11.3. The molecule has 1 aromatic rings. The van der Waals surface area contributed by atoms with Gasteiger partial charge in [0.25, 0.3) is 0 Å². The molecule has 34 heavy (non-hydrogen) atoms.